The highest BCUT2D eigenvalue weighted by Crippen LogP contribution is 2.24. The van der Waals surface area contributed by atoms with Crippen LogP contribution in [-0.2, 0) is 6.42 Å². The van der Waals surface area contributed by atoms with Gasteiger partial charge in [0.25, 0.3) is 17.7 Å². The second-order valence-electron chi connectivity index (χ2n) is 7.17. The molecule has 0 bridgehead atoms. The molecule has 1 heterocycles. The summed E-state index contributed by atoms with van der Waals surface area (Å²) in [7, 11) is 3.96. The standard InChI is InChI=1S/C22H25N3O3/c1-24(2)13-6-12-23-20(26)17-9-10-18-19(15-17)22(28)25(21(18)27)14-11-16-7-4-3-5-8-16/h3-5,7-10,15H,6,11-14H2,1-2H3,(H,23,26). The quantitative estimate of drug-likeness (QED) is 0.564. The number of benzene rings is 2. The van der Waals surface area contributed by atoms with Gasteiger partial charge in [0.2, 0.25) is 0 Å². The minimum atomic E-state index is -0.335. The molecule has 0 unspecified atom stereocenters. The van der Waals surface area contributed by atoms with Gasteiger partial charge in [0.1, 0.15) is 0 Å². The summed E-state index contributed by atoms with van der Waals surface area (Å²) < 4.78 is 0. The number of hydrogen-bond acceptors (Lipinski definition) is 4. The van der Waals surface area contributed by atoms with Crippen molar-refractivity contribution >= 4 is 17.7 Å². The summed E-state index contributed by atoms with van der Waals surface area (Å²) in [6.07, 6.45) is 1.44. The number of carbonyl (C=O) groups is 3. The molecule has 0 fully saturated rings. The van der Waals surface area contributed by atoms with E-state index in [0.29, 0.717) is 36.2 Å². The number of nitrogens with one attached hydrogen (secondary N) is 1. The van der Waals surface area contributed by atoms with E-state index >= 15 is 0 Å². The molecule has 2 aromatic carbocycles. The van der Waals surface area contributed by atoms with Crippen molar-refractivity contribution in [2.75, 3.05) is 33.7 Å². The van der Waals surface area contributed by atoms with Crippen molar-refractivity contribution in [2.24, 2.45) is 0 Å². The molecule has 1 aliphatic rings. The molecule has 0 aromatic heterocycles. The normalized spacial score (nSPS) is 13.2. The summed E-state index contributed by atoms with van der Waals surface area (Å²) in [5.41, 5.74) is 2.13. The molecule has 0 saturated heterocycles. The van der Waals surface area contributed by atoms with Crippen molar-refractivity contribution in [1.82, 2.24) is 15.1 Å². The fourth-order valence-electron chi connectivity index (χ4n) is 3.22. The highest BCUT2D eigenvalue weighted by Gasteiger charge is 2.35. The monoisotopic (exact) mass is 379 g/mol. The molecule has 3 amide bonds. The third-order valence-corrected chi connectivity index (χ3v) is 4.77. The minimum absolute atomic E-state index is 0.232. The maximum absolute atomic E-state index is 12.7. The molecule has 0 aliphatic carbocycles. The fraction of sp³-hybridized carbons (Fsp3) is 0.318. The van der Waals surface area contributed by atoms with Crippen LogP contribution in [0.25, 0.3) is 0 Å². The Kier molecular flexibility index (Phi) is 6.21. The van der Waals surface area contributed by atoms with Crippen LogP contribution in [0.2, 0.25) is 0 Å². The lowest BCUT2D eigenvalue weighted by Crippen LogP contribution is -2.31. The minimum Gasteiger partial charge on any atom is -0.352 e. The Bertz CT molecular complexity index is 878. The van der Waals surface area contributed by atoms with Gasteiger partial charge in [-0.15, -0.1) is 0 Å². The van der Waals surface area contributed by atoms with Crippen LogP contribution in [0.5, 0.6) is 0 Å². The van der Waals surface area contributed by atoms with E-state index in [9.17, 15) is 14.4 Å². The van der Waals surface area contributed by atoms with E-state index in [2.05, 4.69) is 10.2 Å². The summed E-state index contributed by atoms with van der Waals surface area (Å²) in [5, 5.41) is 2.85. The van der Waals surface area contributed by atoms with Crippen molar-refractivity contribution < 1.29 is 14.4 Å². The Balaban J connectivity index is 1.65. The van der Waals surface area contributed by atoms with Gasteiger partial charge >= 0.3 is 0 Å². The zero-order valence-corrected chi connectivity index (χ0v) is 16.3. The van der Waals surface area contributed by atoms with Crippen molar-refractivity contribution in [2.45, 2.75) is 12.8 Å². The Labute approximate surface area is 165 Å². The Morgan fingerprint density at radius 1 is 1.00 bits per heavy atom. The first-order valence-electron chi connectivity index (χ1n) is 9.44. The molecular formula is C22H25N3O3. The van der Waals surface area contributed by atoms with Gasteiger partial charge in [0, 0.05) is 18.7 Å². The number of amides is 3. The Hall–Kier alpha value is -2.99. The molecule has 3 rings (SSSR count). The van der Waals surface area contributed by atoms with Crippen molar-refractivity contribution in [3.8, 4) is 0 Å². The van der Waals surface area contributed by atoms with Crippen LogP contribution in [0.3, 0.4) is 0 Å². The van der Waals surface area contributed by atoms with E-state index in [0.717, 1.165) is 18.5 Å². The SMILES string of the molecule is CN(C)CCCNC(=O)c1ccc2c(c1)C(=O)N(CCc1ccccc1)C2=O. The maximum atomic E-state index is 12.7. The third kappa shape index (κ3) is 4.46. The first-order chi connectivity index (χ1) is 13.5. The molecule has 0 saturated carbocycles. The van der Waals surface area contributed by atoms with Crippen LogP contribution in [0, 0.1) is 0 Å². The molecule has 6 nitrogen and oxygen atoms in total. The lowest BCUT2D eigenvalue weighted by atomic mass is 10.1. The van der Waals surface area contributed by atoms with E-state index in [1.807, 2.05) is 44.4 Å². The molecule has 1 aliphatic heterocycles. The average Bonchev–Trinajstić information content (AvgIpc) is 2.94. The molecule has 1 N–H and O–H groups in total. The van der Waals surface area contributed by atoms with Crippen LogP contribution in [-0.4, -0.2) is 61.3 Å². The van der Waals surface area contributed by atoms with Gasteiger partial charge in [-0.25, -0.2) is 0 Å². The highest BCUT2D eigenvalue weighted by molar-refractivity contribution is 6.22. The van der Waals surface area contributed by atoms with Crippen LogP contribution in [0.1, 0.15) is 43.1 Å². The molecular weight excluding hydrogens is 354 g/mol. The second kappa shape index (κ2) is 8.80. The lowest BCUT2D eigenvalue weighted by molar-refractivity contribution is 0.0656. The van der Waals surface area contributed by atoms with Crippen LogP contribution >= 0.6 is 0 Å². The van der Waals surface area contributed by atoms with Gasteiger partial charge in [-0.2, -0.15) is 0 Å². The molecule has 28 heavy (non-hydrogen) atoms. The number of carbonyl (C=O) groups excluding carboxylic acids is 3. The third-order valence-electron chi connectivity index (χ3n) is 4.77. The summed E-state index contributed by atoms with van der Waals surface area (Å²) in [6.45, 7) is 1.76. The van der Waals surface area contributed by atoms with Crippen LogP contribution in [0.4, 0.5) is 0 Å². The number of nitrogens with zero attached hydrogens (tertiary/aromatic N) is 2. The van der Waals surface area contributed by atoms with Crippen LogP contribution in [0.15, 0.2) is 48.5 Å². The van der Waals surface area contributed by atoms with Gasteiger partial charge in [-0.1, -0.05) is 30.3 Å². The van der Waals surface area contributed by atoms with E-state index in [1.54, 1.807) is 12.1 Å². The molecule has 6 heteroatoms. The van der Waals surface area contributed by atoms with Gasteiger partial charge in [0.05, 0.1) is 11.1 Å². The number of fused-ring (bicyclic) bond motifs is 1. The summed E-state index contributed by atoms with van der Waals surface area (Å²) in [6, 6.07) is 14.4. The van der Waals surface area contributed by atoms with E-state index in [1.165, 1.54) is 11.0 Å². The molecule has 2 aromatic rings. The van der Waals surface area contributed by atoms with E-state index < -0.39 is 0 Å². The molecule has 0 spiro atoms. The van der Waals surface area contributed by atoms with Crippen LogP contribution < -0.4 is 5.32 Å². The molecule has 146 valence electrons. The van der Waals surface area contributed by atoms with Gasteiger partial charge < -0.3 is 10.2 Å². The number of imide groups is 1. The largest absolute Gasteiger partial charge is 0.352 e. The summed E-state index contributed by atoms with van der Waals surface area (Å²) in [4.78, 5) is 40.9. The van der Waals surface area contributed by atoms with Gasteiger partial charge in [-0.3, -0.25) is 19.3 Å². The van der Waals surface area contributed by atoms with Crippen molar-refractivity contribution in [1.29, 1.82) is 0 Å². The van der Waals surface area contributed by atoms with E-state index in [-0.39, 0.29) is 17.7 Å². The fourth-order valence-corrected chi connectivity index (χ4v) is 3.22. The Morgan fingerprint density at radius 2 is 1.71 bits per heavy atom. The van der Waals surface area contributed by atoms with Gasteiger partial charge in [0.15, 0.2) is 0 Å². The van der Waals surface area contributed by atoms with Crippen molar-refractivity contribution in [3.63, 3.8) is 0 Å². The summed E-state index contributed by atoms with van der Waals surface area (Å²) in [5.74, 6) is -0.864. The van der Waals surface area contributed by atoms with Crippen molar-refractivity contribution in [3.05, 3.63) is 70.8 Å². The topological polar surface area (TPSA) is 69.7 Å². The number of hydrogen-bond donors (Lipinski definition) is 1. The average molecular weight is 379 g/mol. The predicted octanol–water partition coefficient (Wildman–Crippen LogP) is 2.21. The predicted molar refractivity (Wildman–Crippen MR) is 107 cm³/mol. The zero-order chi connectivity index (χ0) is 20.1. The smallest absolute Gasteiger partial charge is 0.261 e. The maximum Gasteiger partial charge on any atom is 0.261 e. The van der Waals surface area contributed by atoms with E-state index in [4.69, 9.17) is 0 Å². The highest BCUT2D eigenvalue weighted by atomic mass is 16.2. The Morgan fingerprint density at radius 3 is 2.43 bits per heavy atom. The summed E-state index contributed by atoms with van der Waals surface area (Å²) >= 11 is 0. The van der Waals surface area contributed by atoms with Gasteiger partial charge in [-0.05, 0) is 57.2 Å². The molecule has 0 atom stereocenters. The second-order valence-corrected chi connectivity index (χ2v) is 7.17. The lowest BCUT2D eigenvalue weighted by Gasteiger charge is -2.13. The number of rotatable bonds is 8. The zero-order valence-electron chi connectivity index (χ0n) is 16.3. The molecule has 0 radical (unpaired) electrons. The first kappa shape index (κ1) is 19.8. The first-order valence-corrected chi connectivity index (χ1v) is 9.44.